The van der Waals surface area contributed by atoms with Crippen LogP contribution in [0, 0.1) is 11.6 Å². The number of thioether (sulfide) groups is 1. The minimum Gasteiger partial charge on any atom is -0.414 e. The summed E-state index contributed by atoms with van der Waals surface area (Å²) in [7, 11) is 1.59. The Balaban J connectivity index is 1.53. The van der Waals surface area contributed by atoms with E-state index in [-0.39, 0.29) is 29.3 Å². The molecule has 1 unspecified atom stereocenters. The van der Waals surface area contributed by atoms with Gasteiger partial charge in [-0.25, -0.2) is 8.78 Å². The van der Waals surface area contributed by atoms with Crippen molar-refractivity contribution in [1.82, 2.24) is 20.0 Å². The largest absolute Gasteiger partial charge is 0.414 e. The molecule has 1 atom stereocenters. The van der Waals surface area contributed by atoms with Gasteiger partial charge in [-0.15, -0.1) is 10.2 Å². The minimum atomic E-state index is -0.950. The summed E-state index contributed by atoms with van der Waals surface area (Å²) in [4.78, 5) is 27.1. The van der Waals surface area contributed by atoms with Crippen molar-refractivity contribution in [3.63, 3.8) is 0 Å². The van der Waals surface area contributed by atoms with Crippen LogP contribution in [0.2, 0.25) is 0 Å². The number of benzene rings is 1. The second-order valence-electron chi connectivity index (χ2n) is 6.52. The fourth-order valence-electron chi connectivity index (χ4n) is 2.83. The molecule has 0 radical (unpaired) electrons. The molecule has 1 aliphatic heterocycles. The lowest BCUT2D eigenvalue weighted by atomic mass is 10.1. The van der Waals surface area contributed by atoms with Gasteiger partial charge >= 0.3 is 0 Å². The van der Waals surface area contributed by atoms with Gasteiger partial charge in [0, 0.05) is 20.0 Å². The van der Waals surface area contributed by atoms with Crippen LogP contribution < -0.4 is 0 Å². The van der Waals surface area contributed by atoms with Crippen molar-refractivity contribution in [3.05, 3.63) is 41.3 Å². The second-order valence-corrected chi connectivity index (χ2v) is 7.45. The normalized spacial score (nSPS) is 15.1. The third kappa shape index (κ3) is 4.67. The summed E-state index contributed by atoms with van der Waals surface area (Å²) in [6.45, 7) is 2.68. The van der Waals surface area contributed by atoms with Crippen molar-refractivity contribution >= 4 is 23.6 Å². The molecular formula is C18H20F2N4O3S. The van der Waals surface area contributed by atoms with Crippen LogP contribution in [0.15, 0.2) is 27.8 Å². The number of hydrogen-bond acceptors (Lipinski definition) is 6. The molecule has 1 saturated heterocycles. The molecule has 0 aliphatic carbocycles. The predicted molar refractivity (Wildman–Crippen MR) is 97.2 cm³/mol. The molecule has 1 aliphatic rings. The minimum absolute atomic E-state index is 0.0504. The third-order valence-corrected chi connectivity index (χ3v) is 5.47. The zero-order chi connectivity index (χ0) is 20.3. The highest BCUT2D eigenvalue weighted by Crippen LogP contribution is 2.24. The molecule has 0 saturated carbocycles. The Morgan fingerprint density at radius 2 is 2.14 bits per heavy atom. The first-order valence-corrected chi connectivity index (χ1v) is 9.77. The molecule has 0 N–H and O–H groups in total. The fraction of sp³-hybridized carbons (Fsp3) is 0.444. The molecule has 1 aromatic heterocycles. The standard InChI is InChI=1S/C18H20F2N4O3S/c1-11(12-5-6-13(19)14(20)8-12)23(2)17(26)10-28-18-22-21-15(27-18)9-24-7-3-4-16(24)25/h5-6,8,11H,3-4,7,9-10H2,1-2H3. The molecule has 3 rings (SSSR count). The van der Waals surface area contributed by atoms with E-state index in [0.29, 0.717) is 24.4 Å². The first-order valence-electron chi connectivity index (χ1n) is 8.78. The van der Waals surface area contributed by atoms with Gasteiger partial charge < -0.3 is 14.2 Å². The molecule has 0 spiro atoms. The zero-order valence-corrected chi connectivity index (χ0v) is 16.3. The molecule has 2 heterocycles. The maximum absolute atomic E-state index is 13.4. The Kier molecular flexibility index (Phi) is 6.28. The zero-order valence-electron chi connectivity index (χ0n) is 15.5. The van der Waals surface area contributed by atoms with E-state index in [4.69, 9.17) is 4.42 Å². The van der Waals surface area contributed by atoms with Crippen LogP contribution in [-0.4, -0.2) is 51.2 Å². The van der Waals surface area contributed by atoms with E-state index in [9.17, 15) is 18.4 Å². The molecule has 2 amide bonds. The molecule has 28 heavy (non-hydrogen) atoms. The summed E-state index contributed by atoms with van der Waals surface area (Å²) in [5.41, 5.74) is 0.495. The summed E-state index contributed by atoms with van der Waals surface area (Å²) in [5.74, 6) is -1.66. The third-order valence-electron chi connectivity index (χ3n) is 4.67. The van der Waals surface area contributed by atoms with Gasteiger partial charge in [0.05, 0.1) is 18.3 Å². The highest BCUT2D eigenvalue weighted by atomic mass is 32.2. The molecule has 7 nitrogen and oxygen atoms in total. The van der Waals surface area contributed by atoms with Crippen molar-refractivity contribution in [2.24, 2.45) is 0 Å². The average molecular weight is 410 g/mol. The molecular weight excluding hydrogens is 390 g/mol. The van der Waals surface area contributed by atoms with Crippen LogP contribution in [0.3, 0.4) is 0 Å². The van der Waals surface area contributed by atoms with Crippen molar-refractivity contribution in [3.8, 4) is 0 Å². The van der Waals surface area contributed by atoms with Crippen LogP contribution >= 0.6 is 11.8 Å². The summed E-state index contributed by atoms with van der Waals surface area (Å²) in [6.07, 6.45) is 1.36. The highest BCUT2D eigenvalue weighted by molar-refractivity contribution is 7.99. The molecule has 10 heteroatoms. The lowest BCUT2D eigenvalue weighted by Crippen LogP contribution is -2.31. The monoisotopic (exact) mass is 410 g/mol. The Labute approximate surface area is 165 Å². The Hall–Kier alpha value is -2.49. The number of nitrogens with zero attached hydrogens (tertiary/aromatic N) is 4. The van der Waals surface area contributed by atoms with E-state index in [1.165, 1.54) is 11.0 Å². The number of amides is 2. The van der Waals surface area contributed by atoms with Crippen LogP contribution in [0.1, 0.15) is 37.3 Å². The summed E-state index contributed by atoms with van der Waals surface area (Å²) >= 11 is 1.09. The van der Waals surface area contributed by atoms with Gasteiger partial charge in [0.25, 0.3) is 5.22 Å². The summed E-state index contributed by atoms with van der Waals surface area (Å²) < 4.78 is 32.0. The van der Waals surface area contributed by atoms with Crippen molar-refractivity contribution in [1.29, 1.82) is 0 Å². The van der Waals surface area contributed by atoms with Gasteiger partial charge in [0.15, 0.2) is 11.6 Å². The van der Waals surface area contributed by atoms with Crippen molar-refractivity contribution < 1.29 is 22.8 Å². The number of rotatable bonds is 7. The van der Waals surface area contributed by atoms with E-state index in [2.05, 4.69) is 10.2 Å². The maximum Gasteiger partial charge on any atom is 0.277 e. The van der Waals surface area contributed by atoms with Gasteiger partial charge in [-0.05, 0) is 31.0 Å². The van der Waals surface area contributed by atoms with E-state index < -0.39 is 17.7 Å². The number of hydrogen-bond donors (Lipinski definition) is 0. The Morgan fingerprint density at radius 1 is 1.36 bits per heavy atom. The van der Waals surface area contributed by atoms with Crippen LogP contribution in [0.4, 0.5) is 8.78 Å². The molecule has 1 aromatic carbocycles. The lowest BCUT2D eigenvalue weighted by molar-refractivity contribution is -0.129. The van der Waals surface area contributed by atoms with E-state index in [1.807, 2.05) is 0 Å². The first-order chi connectivity index (χ1) is 13.3. The van der Waals surface area contributed by atoms with Crippen molar-refractivity contribution in [2.75, 3.05) is 19.3 Å². The smallest absolute Gasteiger partial charge is 0.277 e. The van der Waals surface area contributed by atoms with Gasteiger partial charge in [0.1, 0.15) is 0 Å². The van der Waals surface area contributed by atoms with Crippen LogP contribution in [-0.2, 0) is 16.1 Å². The molecule has 150 valence electrons. The number of carbonyl (C=O) groups is 2. The number of carbonyl (C=O) groups excluding carboxylic acids is 2. The van der Waals surface area contributed by atoms with Crippen molar-refractivity contribution in [2.45, 2.75) is 37.6 Å². The van der Waals surface area contributed by atoms with Gasteiger partial charge in [-0.1, -0.05) is 17.8 Å². The van der Waals surface area contributed by atoms with Gasteiger partial charge in [-0.2, -0.15) is 0 Å². The van der Waals surface area contributed by atoms with Gasteiger partial charge in [0.2, 0.25) is 17.7 Å². The molecule has 1 fully saturated rings. The molecule has 2 aromatic rings. The van der Waals surface area contributed by atoms with Crippen LogP contribution in [0.5, 0.6) is 0 Å². The summed E-state index contributed by atoms with van der Waals surface area (Å²) in [5, 5.41) is 8.03. The maximum atomic E-state index is 13.4. The SMILES string of the molecule is CC(c1ccc(F)c(F)c1)N(C)C(=O)CSc1nnc(CN2CCCC2=O)o1. The van der Waals surface area contributed by atoms with E-state index in [1.54, 1.807) is 18.9 Å². The highest BCUT2D eigenvalue weighted by Gasteiger charge is 2.23. The summed E-state index contributed by atoms with van der Waals surface area (Å²) in [6, 6.07) is 3.15. The first kappa shape index (κ1) is 20.2. The van der Waals surface area contributed by atoms with E-state index >= 15 is 0 Å². The Morgan fingerprint density at radius 3 is 2.82 bits per heavy atom. The number of halogens is 2. The van der Waals surface area contributed by atoms with E-state index in [0.717, 1.165) is 30.3 Å². The lowest BCUT2D eigenvalue weighted by Gasteiger charge is -2.25. The predicted octanol–water partition coefficient (Wildman–Crippen LogP) is 2.78. The quantitative estimate of drug-likeness (QED) is 0.653. The molecule has 0 bridgehead atoms. The average Bonchev–Trinajstić information content (AvgIpc) is 3.30. The number of aromatic nitrogens is 2. The van der Waals surface area contributed by atoms with Gasteiger partial charge in [-0.3, -0.25) is 9.59 Å². The topological polar surface area (TPSA) is 79.5 Å². The second kappa shape index (κ2) is 8.68. The number of likely N-dealkylation sites (tertiary alicyclic amines) is 1. The fourth-order valence-corrected chi connectivity index (χ4v) is 3.54. The van der Waals surface area contributed by atoms with Crippen LogP contribution in [0.25, 0.3) is 0 Å². The Bertz CT molecular complexity index is 876.